The van der Waals surface area contributed by atoms with Gasteiger partial charge in [-0.2, -0.15) is 5.26 Å². The Labute approximate surface area is 117 Å². The van der Waals surface area contributed by atoms with Crippen molar-refractivity contribution in [3.63, 3.8) is 0 Å². The number of aromatic nitrogens is 1. The molecule has 0 fully saturated rings. The molecule has 0 radical (unpaired) electrons. The summed E-state index contributed by atoms with van der Waals surface area (Å²) < 4.78 is 29.6. The van der Waals surface area contributed by atoms with E-state index in [0.29, 0.717) is 11.3 Å². The quantitative estimate of drug-likeness (QED) is 0.858. The summed E-state index contributed by atoms with van der Waals surface area (Å²) in [4.78, 5) is 4.04. The smallest absolute Gasteiger partial charge is 0.182 e. The van der Waals surface area contributed by atoms with E-state index in [2.05, 4.69) is 4.98 Å². The van der Waals surface area contributed by atoms with Crippen molar-refractivity contribution >= 4 is 9.84 Å². The summed E-state index contributed by atoms with van der Waals surface area (Å²) in [6.45, 7) is 0. The SMILES string of the molecule is COc1ccc(S(=O)(=O)Cc2cccnc2C#N)cc1. The molecular weight excluding hydrogens is 276 g/mol. The third-order valence-corrected chi connectivity index (χ3v) is 4.44. The van der Waals surface area contributed by atoms with E-state index in [4.69, 9.17) is 10.00 Å². The topological polar surface area (TPSA) is 80.1 Å². The first-order valence-corrected chi connectivity index (χ1v) is 7.43. The maximum Gasteiger partial charge on any atom is 0.182 e. The third-order valence-electron chi connectivity index (χ3n) is 2.76. The van der Waals surface area contributed by atoms with E-state index in [1.54, 1.807) is 24.3 Å². The molecular formula is C14H12N2O3S. The molecule has 5 nitrogen and oxygen atoms in total. The van der Waals surface area contributed by atoms with Crippen LogP contribution in [-0.2, 0) is 15.6 Å². The second-order valence-corrected chi connectivity index (χ2v) is 6.05. The Morgan fingerprint density at radius 1 is 1.25 bits per heavy atom. The summed E-state index contributed by atoms with van der Waals surface area (Å²) in [6.07, 6.45) is 1.46. The predicted molar refractivity (Wildman–Crippen MR) is 72.8 cm³/mol. The molecule has 1 heterocycles. The third kappa shape index (κ3) is 2.95. The molecule has 0 amide bonds. The molecule has 0 spiro atoms. The molecule has 0 unspecified atom stereocenters. The number of nitrogens with zero attached hydrogens (tertiary/aromatic N) is 2. The predicted octanol–water partition coefficient (Wildman–Crippen LogP) is 1.94. The zero-order valence-corrected chi connectivity index (χ0v) is 11.6. The molecule has 6 heteroatoms. The average Bonchev–Trinajstić information content (AvgIpc) is 2.47. The van der Waals surface area contributed by atoms with Gasteiger partial charge in [-0.15, -0.1) is 0 Å². The number of sulfone groups is 1. The normalized spacial score (nSPS) is 10.8. The number of methoxy groups -OCH3 is 1. The van der Waals surface area contributed by atoms with Gasteiger partial charge < -0.3 is 4.74 Å². The number of ether oxygens (including phenoxy) is 1. The molecule has 0 aliphatic heterocycles. The molecule has 0 atom stereocenters. The Morgan fingerprint density at radius 2 is 1.95 bits per heavy atom. The molecule has 1 aromatic heterocycles. The summed E-state index contributed by atoms with van der Waals surface area (Å²) >= 11 is 0. The highest BCUT2D eigenvalue weighted by atomic mass is 32.2. The van der Waals surface area contributed by atoms with Crippen molar-refractivity contribution in [3.8, 4) is 11.8 Å². The Bertz CT molecular complexity index is 747. The molecule has 2 rings (SSSR count). The van der Waals surface area contributed by atoms with Gasteiger partial charge in [0.2, 0.25) is 0 Å². The number of pyridine rings is 1. The second-order valence-electron chi connectivity index (χ2n) is 4.06. The van der Waals surface area contributed by atoms with Gasteiger partial charge in [-0.3, -0.25) is 0 Å². The zero-order valence-electron chi connectivity index (χ0n) is 10.8. The molecule has 0 saturated carbocycles. The summed E-state index contributed by atoms with van der Waals surface area (Å²) in [5, 5.41) is 8.93. The van der Waals surface area contributed by atoms with Crippen LogP contribution in [0.15, 0.2) is 47.5 Å². The summed E-state index contributed by atoms with van der Waals surface area (Å²) in [6, 6.07) is 11.2. The molecule has 0 aliphatic rings. The number of rotatable bonds is 4. The van der Waals surface area contributed by atoms with E-state index >= 15 is 0 Å². The summed E-state index contributed by atoms with van der Waals surface area (Å²) in [5.41, 5.74) is 0.524. The molecule has 0 saturated heterocycles. The van der Waals surface area contributed by atoms with E-state index in [9.17, 15) is 8.42 Å². The van der Waals surface area contributed by atoms with Gasteiger partial charge in [0.15, 0.2) is 9.84 Å². The van der Waals surface area contributed by atoms with Gasteiger partial charge >= 0.3 is 0 Å². The van der Waals surface area contributed by atoms with E-state index in [-0.39, 0.29) is 16.3 Å². The Hall–Kier alpha value is -2.39. The van der Waals surface area contributed by atoms with E-state index in [1.165, 1.54) is 25.4 Å². The van der Waals surface area contributed by atoms with Gasteiger partial charge in [0.05, 0.1) is 17.8 Å². The van der Waals surface area contributed by atoms with Crippen LogP contribution in [0, 0.1) is 11.3 Å². The summed E-state index contributed by atoms with van der Waals surface area (Å²) in [7, 11) is -2.01. The van der Waals surface area contributed by atoms with Gasteiger partial charge in [0.25, 0.3) is 0 Å². The standard InChI is InChI=1S/C14H12N2O3S/c1-19-12-4-6-13(7-5-12)20(17,18)10-11-3-2-8-16-14(11)9-15/h2-8H,10H2,1H3. The van der Waals surface area contributed by atoms with Gasteiger partial charge in [0.1, 0.15) is 17.5 Å². The van der Waals surface area contributed by atoms with Crippen molar-refractivity contribution in [2.75, 3.05) is 7.11 Å². The lowest BCUT2D eigenvalue weighted by atomic mass is 10.2. The van der Waals surface area contributed by atoms with Crippen molar-refractivity contribution in [3.05, 3.63) is 53.9 Å². The Morgan fingerprint density at radius 3 is 2.55 bits per heavy atom. The van der Waals surface area contributed by atoms with Crippen LogP contribution in [0.3, 0.4) is 0 Å². The minimum atomic E-state index is -3.52. The molecule has 0 bridgehead atoms. The summed E-state index contributed by atoms with van der Waals surface area (Å²) in [5.74, 6) is 0.332. The van der Waals surface area contributed by atoms with Crippen LogP contribution in [0.5, 0.6) is 5.75 Å². The minimum Gasteiger partial charge on any atom is -0.497 e. The van der Waals surface area contributed by atoms with Crippen LogP contribution < -0.4 is 4.74 Å². The Kier molecular flexibility index (Phi) is 4.01. The lowest BCUT2D eigenvalue weighted by Gasteiger charge is -2.06. The van der Waals surface area contributed by atoms with Gasteiger partial charge in [-0.25, -0.2) is 13.4 Å². The molecule has 0 N–H and O–H groups in total. The number of hydrogen-bond acceptors (Lipinski definition) is 5. The lowest BCUT2D eigenvalue weighted by Crippen LogP contribution is -2.07. The fourth-order valence-corrected chi connectivity index (χ4v) is 3.09. The fraction of sp³-hybridized carbons (Fsp3) is 0.143. The first-order valence-electron chi connectivity index (χ1n) is 5.77. The maximum absolute atomic E-state index is 12.3. The molecule has 102 valence electrons. The largest absolute Gasteiger partial charge is 0.497 e. The molecule has 2 aromatic rings. The lowest BCUT2D eigenvalue weighted by molar-refractivity contribution is 0.414. The van der Waals surface area contributed by atoms with Crippen LogP contribution in [0.1, 0.15) is 11.3 Å². The van der Waals surface area contributed by atoms with E-state index in [1.807, 2.05) is 6.07 Å². The fourth-order valence-electron chi connectivity index (χ4n) is 1.73. The van der Waals surface area contributed by atoms with Crippen molar-refractivity contribution < 1.29 is 13.2 Å². The van der Waals surface area contributed by atoms with E-state index < -0.39 is 9.84 Å². The Balaban J connectivity index is 2.33. The highest BCUT2D eigenvalue weighted by Crippen LogP contribution is 2.20. The monoisotopic (exact) mass is 288 g/mol. The van der Waals surface area contributed by atoms with Crippen LogP contribution in [0.4, 0.5) is 0 Å². The van der Waals surface area contributed by atoms with Gasteiger partial charge in [-0.05, 0) is 30.3 Å². The highest BCUT2D eigenvalue weighted by Gasteiger charge is 2.17. The highest BCUT2D eigenvalue weighted by molar-refractivity contribution is 7.90. The van der Waals surface area contributed by atoms with Crippen molar-refractivity contribution in [2.24, 2.45) is 0 Å². The first kappa shape index (κ1) is 14.0. The number of nitriles is 1. The zero-order chi connectivity index (χ0) is 14.6. The molecule has 1 aromatic carbocycles. The van der Waals surface area contributed by atoms with Crippen molar-refractivity contribution in [1.29, 1.82) is 5.26 Å². The van der Waals surface area contributed by atoms with Crippen LogP contribution in [-0.4, -0.2) is 20.5 Å². The van der Waals surface area contributed by atoms with E-state index in [0.717, 1.165) is 0 Å². The van der Waals surface area contributed by atoms with Crippen LogP contribution in [0.25, 0.3) is 0 Å². The van der Waals surface area contributed by atoms with Gasteiger partial charge in [0, 0.05) is 11.8 Å². The average molecular weight is 288 g/mol. The number of hydrogen-bond donors (Lipinski definition) is 0. The van der Waals surface area contributed by atoms with Gasteiger partial charge in [-0.1, -0.05) is 6.07 Å². The molecule has 20 heavy (non-hydrogen) atoms. The second kappa shape index (κ2) is 5.72. The minimum absolute atomic E-state index is 0.129. The van der Waals surface area contributed by atoms with Crippen LogP contribution >= 0.6 is 0 Å². The van der Waals surface area contributed by atoms with Crippen molar-refractivity contribution in [2.45, 2.75) is 10.6 Å². The van der Waals surface area contributed by atoms with Crippen molar-refractivity contribution in [1.82, 2.24) is 4.98 Å². The van der Waals surface area contributed by atoms with Crippen LogP contribution in [0.2, 0.25) is 0 Å². The number of benzene rings is 1. The molecule has 0 aliphatic carbocycles. The maximum atomic E-state index is 12.3. The first-order chi connectivity index (χ1) is 9.56.